The van der Waals surface area contributed by atoms with Gasteiger partial charge < -0.3 is 10.2 Å². The second kappa shape index (κ2) is 7.87. The lowest BCUT2D eigenvalue weighted by Gasteiger charge is -2.29. The lowest BCUT2D eigenvalue weighted by Crippen LogP contribution is -2.36. The Morgan fingerprint density at radius 2 is 1.86 bits per heavy atom. The predicted octanol–water partition coefficient (Wildman–Crippen LogP) is 3.54. The lowest BCUT2D eigenvalue weighted by atomic mass is 9.98. The van der Waals surface area contributed by atoms with Crippen molar-refractivity contribution in [1.82, 2.24) is 4.90 Å². The van der Waals surface area contributed by atoms with Crippen LogP contribution in [0.15, 0.2) is 48.5 Å². The van der Waals surface area contributed by atoms with Crippen molar-refractivity contribution < 1.29 is 14.5 Å². The SMILES string of the molecule is O=C(/C=C/c1ccc([N+](=O)[O-])cc1)Nc1ccc2c(c1)CN(C(=O)C1CC1)CC2. The first-order valence-electron chi connectivity index (χ1n) is 9.64. The van der Waals surface area contributed by atoms with Gasteiger partial charge in [-0.25, -0.2) is 0 Å². The molecule has 29 heavy (non-hydrogen) atoms. The van der Waals surface area contributed by atoms with E-state index >= 15 is 0 Å². The Balaban J connectivity index is 1.39. The van der Waals surface area contributed by atoms with E-state index in [1.807, 2.05) is 23.1 Å². The summed E-state index contributed by atoms with van der Waals surface area (Å²) in [6, 6.07) is 11.8. The maximum atomic E-state index is 12.3. The molecule has 7 nitrogen and oxygen atoms in total. The molecule has 0 bridgehead atoms. The Bertz CT molecular complexity index is 994. The van der Waals surface area contributed by atoms with Gasteiger partial charge in [-0.3, -0.25) is 19.7 Å². The normalized spacial score (nSPS) is 15.8. The molecule has 2 aromatic carbocycles. The Kier molecular flexibility index (Phi) is 5.12. The van der Waals surface area contributed by atoms with Crippen LogP contribution in [0.3, 0.4) is 0 Å². The van der Waals surface area contributed by atoms with Crippen molar-refractivity contribution >= 4 is 29.3 Å². The van der Waals surface area contributed by atoms with Gasteiger partial charge in [0.1, 0.15) is 0 Å². The van der Waals surface area contributed by atoms with Crippen LogP contribution in [0.5, 0.6) is 0 Å². The number of hydrogen-bond donors (Lipinski definition) is 1. The van der Waals surface area contributed by atoms with Crippen LogP contribution in [0.4, 0.5) is 11.4 Å². The van der Waals surface area contributed by atoms with Crippen LogP contribution < -0.4 is 5.32 Å². The topological polar surface area (TPSA) is 92.5 Å². The first kappa shape index (κ1) is 18.9. The van der Waals surface area contributed by atoms with Crippen LogP contribution in [0.1, 0.15) is 29.5 Å². The molecule has 1 fully saturated rings. The smallest absolute Gasteiger partial charge is 0.269 e. The monoisotopic (exact) mass is 391 g/mol. The molecule has 7 heteroatoms. The van der Waals surface area contributed by atoms with Crippen molar-refractivity contribution in [3.63, 3.8) is 0 Å². The number of nitro groups is 1. The molecule has 2 aliphatic rings. The molecular weight excluding hydrogens is 370 g/mol. The number of carbonyl (C=O) groups is 2. The average molecular weight is 391 g/mol. The summed E-state index contributed by atoms with van der Waals surface area (Å²) in [5.41, 5.74) is 3.68. The molecule has 2 amide bonds. The van der Waals surface area contributed by atoms with E-state index in [-0.39, 0.29) is 23.4 Å². The highest BCUT2D eigenvalue weighted by Crippen LogP contribution is 2.33. The maximum absolute atomic E-state index is 12.3. The van der Waals surface area contributed by atoms with Crippen molar-refractivity contribution in [2.24, 2.45) is 5.92 Å². The number of nitro benzene ring substituents is 1. The van der Waals surface area contributed by atoms with Gasteiger partial charge in [-0.1, -0.05) is 6.07 Å². The Morgan fingerprint density at radius 3 is 2.55 bits per heavy atom. The highest BCUT2D eigenvalue weighted by Gasteiger charge is 2.34. The van der Waals surface area contributed by atoms with Crippen LogP contribution in [0.2, 0.25) is 0 Å². The highest BCUT2D eigenvalue weighted by molar-refractivity contribution is 6.02. The number of amides is 2. The second-order valence-corrected chi connectivity index (χ2v) is 7.44. The summed E-state index contributed by atoms with van der Waals surface area (Å²) >= 11 is 0. The number of carbonyl (C=O) groups excluding carboxylic acids is 2. The van der Waals surface area contributed by atoms with Gasteiger partial charge in [0, 0.05) is 42.9 Å². The number of rotatable bonds is 5. The molecule has 1 saturated carbocycles. The zero-order valence-corrected chi connectivity index (χ0v) is 15.8. The molecule has 148 valence electrons. The first-order chi connectivity index (χ1) is 14.0. The standard InChI is InChI=1S/C22H21N3O4/c26-21(10-3-15-1-8-20(9-2-15)25(28)29)23-19-7-6-16-11-12-24(14-18(16)13-19)22(27)17-4-5-17/h1-3,6-10,13,17H,4-5,11-12,14H2,(H,23,26)/b10-3+. The van der Waals surface area contributed by atoms with Gasteiger partial charge in [-0.2, -0.15) is 0 Å². The zero-order valence-electron chi connectivity index (χ0n) is 15.8. The molecule has 4 rings (SSSR count). The molecule has 0 unspecified atom stereocenters. The van der Waals surface area contributed by atoms with Gasteiger partial charge in [-0.05, 0) is 66.3 Å². The molecular formula is C22H21N3O4. The van der Waals surface area contributed by atoms with Crippen LogP contribution in [0.25, 0.3) is 6.08 Å². The molecule has 1 N–H and O–H groups in total. The molecule has 1 heterocycles. The quantitative estimate of drug-likeness (QED) is 0.479. The Hall–Kier alpha value is -3.48. The Labute approximate surface area is 168 Å². The fourth-order valence-electron chi connectivity index (χ4n) is 3.47. The summed E-state index contributed by atoms with van der Waals surface area (Å²) in [4.78, 5) is 36.7. The summed E-state index contributed by atoms with van der Waals surface area (Å²) in [5.74, 6) is 0.171. The molecule has 0 radical (unpaired) electrons. The summed E-state index contributed by atoms with van der Waals surface area (Å²) < 4.78 is 0. The van der Waals surface area contributed by atoms with Crippen LogP contribution in [0, 0.1) is 16.0 Å². The van der Waals surface area contributed by atoms with Gasteiger partial charge in [0.25, 0.3) is 5.69 Å². The van der Waals surface area contributed by atoms with Gasteiger partial charge in [0.2, 0.25) is 11.8 Å². The zero-order chi connectivity index (χ0) is 20.4. The fraction of sp³-hybridized carbons (Fsp3) is 0.273. The molecule has 1 aliphatic heterocycles. The number of nitrogens with zero attached hydrogens (tertiary/aromatic N) is 2. The molecule has 0 atom stereocenters. The van der Waals surface area contributed by atoms with Gasteiger partial charge >= 0.3 is 0 Å². The minimum Gasteiger partial charge on any atom is -0.338 e. The number of fused-ring (bicyclic) bond motifs is 1. The number of benzene rings is 2. The largest absolute Gasteiger partial charge is 0.338 e. The van der Waals surface area contributed by atoms with E-state index in [1.54, 1.807) is 18.2 Å². The average Bonchev–Trinajstić information content (AvgIpc) is 3.57. The molecule has 0 spiro atoms. The van der Waals surface area contributed by atoms with Crippen molar-refractivity contribution in [2.75, 3.05) is 11.9 Å². The van der Waals surface area contributed by atoms with Crippen LogP contribution in [-0.4, -0.2) is 28.2 Å². The molecule has 1 aliphatic carbocycles. The van der Waals surface area contributed by atoms with E-state index < -0.39 is 4.92 Å². The third-order valence-electron chi connectivity index (χ3n) is 5.26. The van der Waals surface area contributed by atoms with Crippen molar-refractivity contribution in [3.8, 4) is 0 Å². The van der Waals surface area contributed by atoms with E-state index in [4.69, 9.17) is 0 Å². The number of hydrogen-bond acceptors (Lipinski definition) is 4. The van der Waals surface area contributed by atoms with Crippen molar-refractivity contribution in [3.05, 3.63) is 75.3 Å². The predicted molar refractivity (Wildman–Crippen MR) is 109 cm³/mol. The van der Waals surface area contributed by atoms with Gasteiger partial charge in [-0.15, -0.1) is 0 Å². The van der Waals surface area contributed by atoms with Gasteiger partial charge in [0.05, 0.1) is 4.92 Å². The van der Waals surface area contributed by atoms with Crippen LogP contribution >= 0.6 is 0 Å². The second-order valence-electron chi connectivity index (χ2n) is 7.44. The minimum atomic E-state index is -0.463. The van der Waals surface area contributed by atoms with E-state index in [2.05, 4.69) is 5.32 Å². The summed E-state index contributed by atoms with van der Waals surface area (Å²) in [6.45, 7) is 1.35. The summed E-state index contributed by atoms with van der Waals surface area (Å²) in [6.07, 6.45) is 5.83. The molecule has 2 aromatic rings. The van der Waals surface area contributed by atoms with E-state index in [0.29, 0.717) is 17.8 Å². The molecule has 0 aromatic heterocycles. The lowest BCUT2D eigenvalue weighted by molar-refractivity contribution is -0.384. The number of nitrogens with one attached hydrogen (secondary N) is 1. The third kappa shape index (κ3) is 4.51. The van der Waals surface area contributed by atoms with E-state index in [1.165, 1.54) is 23.8 Å². The highest BCUT2D eigenvalue weighted by atomic mass is 16.6. The number of non-ortho nitro benzene ring substituents is 1. The fourth-order valence-corrected chi connectivity index (χ4v) is 3.47. The van der Waals surface area contributed by atoms with E-state index in [0.717, 1.165) is 31.4 Å². The molecule has 0 saturated heterocycles. The van der Waals surface area contributed by atoms with Crippen LogP contribution in [-0.2, 0) is 22.6 Å². The first-order valence-corrected chi connectivity index (χ1v) is 9.64. The van der Waals surface area contributed by atoms with Gasteiger partial charge in [0.15, 0.2) is 0 Å². The van der Waals surface area contributed by atoms with E-state index in [9.17, 15) is 19.7 Å². The Morgan fingerprint density at radius 1 is 1.10 bits per heavy atom. The summed E-state index contributed by atoms with van der Waals surface area (Å²) in [7, 11) is 0. The third-order valence-corrected chi connectivity index (χ3v) is 5.26. The minimum absolute atomic E-state index is 0.00914. The van der Waals surface area contributed by atoms with Crippen molar-refractivity contribution in [1.29, 1.82) is 0 Å². The maximum Gasteiger partial charge on any atom is 0.269 e. The number of anilines is 1. The van der Waals surface area contributed by atoms with Crippen molar-refractivity contribution in [2.45, 2.75) is 25.8 Å². The summed E-state index contributed by atoms with van der Waals surface area (Å²) in [5, 5.41) is 13.5.